The molecule has 0 aliphatic rings. The lowest BCUT2D eigenvalue weighted by Crippen LogP contribution is -2.40. The number of thiazole rings is 1. The number of carbonyl (C=O) groups is 1. The minimum Gasteiger partial charge on any atom is -0.494 e. The van der Waals surface area contributed by atoms with Gasteiger partial charge in [-0.15, -0.1) is 11.3 Å². The maximum atomic E-state index is 11.8. The summed E-state index contributed by atoms with van der Waals surface area (Å²) in [5, 5.41) is 3.67. The fourth-order valence-corrected chi connectivity index (χ4v) is 3.27. The molecule has 1 aromatic carbocycles. The smallest absolute Gasteiger partial charge is 0.407 e. The molecule has 0 atom stereocenters. The van der Waals surface area contributed by atoms with Gasteiger partial charge in [0.25, 0.3) is 0 Å². The van der Waals surface area contributed by atoms with E-state index in [2.05, 4.69) is 36.1 Å². The standard InChI is InChI=1S/C22H33N3O3S/c1-16(2)25(6)12-7-13-27-18-10-8-17(9-11-18)20-23-14-19(29-20)15-28-21(26)24-22(3,4)5/h8-11,14,16H,7,12-13,15H2,1-6H3,(H,24,26). The van der Waals surface area contributed by atoms with Crippen molar-refractivity contribution < 1.29 is 14.3 Å². The minimum absolute atomic E-state index is 0.214. The molecule has 0 saturated heterocycles. The molecule has 0 radical (unpaired) electrons. The van der Waals surface area contributed by atoms with Crippen LogP contribution < -0.4 is 10.1 Å². The Kier molecular flexibility index (Phi) is 8.46. The first-order valence-electron chi connectivity index (χ1n) is 9.97. The summed E-state index contributed by atoms with van der Waals surface area (Å²) in [6.45, 7) is 12.1. The summed E-state index contributed by atoms with van der Waals surface area (Å²) < 4.78 is 11.1. The zero-order valence-electron chi connectivity index (χ0n) is 18.3. The number of ether oxygens (including phenoxy) is 2. The van der Waals surface area contributed by atoms with Gasteiger partial charge in [0.2, 0.25) is 0 Å². The van der Waals surface area contributed by atoms with Gasteiger partial charge in [-0.05, 0) is 72.4 Å². The number of carbonyl (C=O) groups excluding carboxylic acids is 1. The van der Waals surface area contributed by atoms with Crippen LogP contribution in [0.15, 0.2) is 30.5 Å². The van der Waals surface area contributed by atoms with Crippen LogP contribution in [0.4, 0.5) is 4.79 Å². The van der Waals surface area contributed by atoms with Crippen LogP contribution >= 0.6 is 11.3 Å². The van der Waals surface area contributed by atoms with Crippen molar-refractivity contribution in [1.82, 2.24) is 15.2 Å². The fourth-order valence-electron chi connectivity index (χ4n) is 2.44. The lowest BCUT2D eigenvalue weighted by atomic mass is 10.1. The molecule has 0 aliphatic heterocycles. The van der Waals surface area contributed by atoms with E-state index in [1.807, 2.05) is 45.0 Å². The van der Waals surface area contributed by atoms with Crippen molar-refractivity contribution in [2.24, 2.45) is 0 Å². The second-order valence-electron chi connectivity index (χ2n) is 8.38. The molecule has 0 bridgehead atoms. The molecule has 29 heavy (non-hydrogen) atoms. The number of hydrogen-bond acceptors (Lipinski definition) is 6. The minimum atomic E-state index is -0.423. The molecule has 2 aromatic rings. The largest absolute Gasteiger partial charge is 0.494 e. The van der Waals surface area contributed by atoms with Crippen LogP contribution in [0.25, 0.3) is 10.6 Å². The summed E-state index contributed by atoms with van der Waals surface area (Å²) in [7, 11) is 2.13. The molecule has 160 valence electrons. The van der Waals surface area contributed by atoms with Crippen LogP contribution in [-0.2, 0) is 11.3 Å². The third-order valence-electron chi connectivity index (χ3n) is 4.28. The average Bonchev–Trinajstić information content (AvgIpc) is 3.11. The van der Waals surface area contributed by atoms with Gasteiger partial charge >= 0.3 is 6.09 Å². The Hall–Kier alpha value is -2.12. The first kappa shape index (κ1) is 23.2. The van der Waals surface area contributed by atoms with Gasteiger partial charge < -0.3 is 19.7 Å². The maximum Gasteiger partial charge on any atom is 0.407 e. The van der Waals surface area contributed by atoms with Crippen molar-refractivity contribution >= 4 is 17.4 Å². The number of benzene rings is 1. The summed E-state index contributed by atoms with van der Waals surface area (Å²) in [6, 6.07) is 8.50. The van der Waals surface area contributed by atoms with Gasteiger partial charge in [-0.3, -0.25) is 0 Å². The van der Waals surface area contributed by atoms with Gasteiger partial charge in [0, 0.05) is 29.9 Å². The number of amides is 1. The lowest BCUT2D eigenvalue weighted by Gasteiger charge is -2.20. The van der Waals surface area contributed by atoms with Crippen LogP contribution in [0.1, 0.15) is 45.9 Å². The summed E-state index contributed by atoms with van der Waals surface area (Å²) >= 11 is 1.52. The molecule has 7 heteroatoms. The molecule has 0 spiro atoms. The Morgan fingerprint density at radius 2 is 1.93 bits per heavy atom. The number of aromatic nitrogens is 1. The number of hydrogen-bond donors (Lipinski definition) is 1. The van der Waals surface area contributed by atoms with Gasteiger partial charge in [0.05, 0.1) is 11.5 Å². The maximum absolute atomic E-state index is 11.8. The van der Waals surface area contributed by atoms with Gasteiger partial charge in [0.1, 0.15) is 17.4 Å². The van der Waals surface area contributed by atoms with E-state index in [-0.39, 0.29) is 12.1 Å². The summed E-state index contributed by atoms with van der Waals surface area (Å²) in [5.74, 6) is 0.861. The summed E-state index contributed by atoms with van der Waals surface area (Å²) in [5.41, 5.74) is 0.705. The van der Waals surface area contributed by atoms with Crippen molar-refractivity contribution in [3.05, 3.63) is 35.3 Å². The number of rotatable bonds is 9. The third kappa shape index (κ3) is 8.41. The fraction of sp³-hybridized carbons (Fsp3) is 0.545. The monoisotopic (exact) mass is 419 g/mol. The Morgan fingerprint density at radius 1 is 1.24 bits per heavy atom. The van der Waals surface area contributed by atoms with E-state index < -0.39 is 6.09 Å². The normalized spacial score (nSPS) is 11.7. The Balaban J connectivity index is 1.80. The van der Waals surface area contributed by atoms with Crippen molar-refractivity contribution in [2.75, 3.05) is 20.2 Å². The van der Waals surface area contributed by atoms with E-state index >= 15 is 0 Å². The van der Waals surface area contributed by atoms with Crippen molar-refractivity contribution in [2.45, 2.75) is 59.2 Å². The van der Waals surface area contributed by atoms with Crippen molar-refractivity contribution in [3.63, 3.8) is 0 Å². The third-order valence-corrected chi connectivity index (χ3v) is 5.30. The molecule has 2 rings (SSSR count). The zero-order valence-corrected chi connectivity index (χ0v) is 19.1. The Labute approximate surface area is 178 Å². The van der Waals surface area contributed by atoms with Crippen LogP contribution in [-0.4, -0.2) is 47.8 Å². The van der Waals surface area contributed by atoms with Crippen LogP contribution in [0.3, 0.4) is 0 Å². The summed E-state index contributed by atoms with van der Waals surface area (Å²) in [4.78, 5) is 19.4. The van der Waals surface area contributed by atoms with E-state index in [1.165, 1.54) is 11.3 Å². The lowest BCUT2D eigenvalue weighted by molar-refractivity contribution is 0.132. The second kappa shape index (κ2) is 10.6. The Morgan fingerprint density at radius 3 is 2.55 bits per heavy atom. The van der Waals surface area contributed by atoms with E-state index in [0.717, 1.165) is 34.2 Å². The molecule has 1 amide bonds. The highest BCUT2D eigenvalue weighted by Gasteiger charge is 2.15. The molecule has 1 heterocycles. The van der Waals surface area contributed by atoms with Crippen molar-refractivity contribution in [3.8, 4) is 16.3 Å². The van der Waals surface area contributed by atoms with Crippen LogP contribution in [0.2, 0.25) is 0 Å². The van der Waals surface area contributed by atoms with E-state index in [4.69, 9.17) is 9.47 Å². The van der Waals surface area contributed by atoms with Crippen LogP contribution in [0.5, 0.6) is 5.75 Å². The second-order valence-corrected chi connectivity index (χ2v) is 9.50. The molecule has 6 nitrogen and oxygen atoms in total. The highest BCUT2D eigenvalue weighted by Crippen LogP contribution is 2.27. The van der Waals surface area contributed by atoms with Crippen LogP contribution in [0, 0.1) is 0 Å². The molecular weight excluding hydrogens is 386 g/mol. The first-order valence-corrected chi connectivity index (χ1v) is 10.8. The van der Waals surface area contributed by atoms with Gasteiger partial charge in [0.15, 0.2) is 0 Å². The van der Waals surface area contributed by atoms with Crippen molar-refractivity contribution in [1.29, 1.82) is 0 Å². The van der Waals surface area contributed by atoms with Gasteiger partial charge in [-0.1, -0.05) is 0 Å². The molecule has 1 N–H and O–H groups in total. The summed E-state index contributed by atoms with van der Waals surface area (Å²) in [6.07, 6.45) is 2.32. The van der Waals surface area contributed by atoms with Gasteiger partial charge in [-0.2, -0.15) is 0 Å². The molecular formula is C22H33N3O3S. The molecule has 0 aliphatic carbocycles. The number of nitrogens with one attached hydrogen (secondary N) is 1. The molecule has 1 aromatic heterocycles. The van der Waals surface area contributed by atoms with E-state index in [9.17, 15) is 4.79 Å². The average molecular weight is 420 g/mol. The molecule has 0 fully saturated rings. The first-order chi connectivity index (χ1) is 13.6. The number of nitrogens with zero attached hydrogens (tertiary/aromatic N) is 2. The SMILES string of the molecule is CC(C)N(C)CCCOc1ccc(-c2ncc(COC(=O)NC(C)(C)C)s2)cc1. The molecule has 0 unspecified atom stereocenters. The highest BCUT2D eigenvalue weighted by atomic mass is 32.1. The topological polar surface area (TPSA) is 63.7 Å². The molecule has 0 saturated carbocycles. The zero-order chi connectivity index (χ0) is 21.4. The van der Waals surface area contributed by atoms with E-state index in [1.54, 1.807) is 6.20 Å². The number of alkyl carbamates (subject to hydrolysis) is 1. The predicted octanol–water partition coefficient (Wildman–Crippen LogP) is 4.94. The Bertz CT molecular complexity index is 766. The predicted molar refractivity (Wildman–Crippen MR) is 119 cm³/mol. The van der Waals surface area contributed by atoms with Gasteiger partial charge in [-0.25, -0.2) is 9.78 Å². The highest BCUT2D eigenvalue weighted by molar-refractivity contribution is 7.15. The quantitative estimate of drug-likeness (QED) is 0.583. The van der Waals surface area contributed by atoms with E-state index in [0.29, 0.717) is 12.6 Å².